The van der Waals surface area contributed by atoms with Gasteiger partial charge in [-0.05, 0) is 45.3 Å². The summed E-state index contributed by atoms with van der Waals surface area (Å²) in [5.41, 5.74) is 1.66. The SMILES string of the molecule is Cc1cc(C(=O)Nc2cccc(Cl)c2)nc(NCCN(C)C)n1. The number of carbonyl (C=O) groups excluding carboxylic acids is 1. The van der Waals surface area contributed by atoms with Crippen LogP contribution in [0.3, 0.4) is 0 Å². The fourth-order valence-corrected chi connectivity index (χ4v) is 2.11. The van der Waals surface area contributed by atoms with Gasteiger partial charge in [0.15, 0.2) is 0 Å². The van der Waals surface area contributed by atoms with E-state index in [1.54, 1.807) is 30.3 Å². The molecule has 0 aliphatic heterocycles. The van der Waals surface area contributed by atoms with E-state index in [0.717, 1.165) is 12.2 Å². The summed E-state index contributed by atoms with van der Waals surface area (Å²) in [7, 11) is 3.98. The van der Waals surface area contributed by atoms with E-state index in [1.165, 1.54) is 0 Å². The number of hydrogen-bond donors (Lipinski definition) is 2. The Morgan fingerprint density at radius 2 is 2.04 bits per heavy atom. The van der Waals surface area contributed by atoms with Gasteiger partial charge in [0.25, 0.3) is 5.91 Å². The number of nitrogens with zero attached hydrogens (tertiary/aromatic N) is 3. The highest BCUT2D eigenvalue weighted by Gasteiger charge is 2.11. The number of benzene rings is 1. The summed E-state index contributed by atoms with van der Waals surface area (Å²) in [6.07, 6.45) is 0. The number of anilines is 2. The molecule has 122 valence electrons. The summed E-state index contributed by atoms with van der Waals surface area (Å²) < 4.78 is 0. The third-order valence-electron chi connectivity index (χ3n) is 3.01. The van der Waals surface area contributed by atoms with Crippen LogP contribution in [0.4, 0.5) is 11.6 Å². The van der Waals surface area contributed by atoms with E-state index in [2.05, 4.69) is 25.5 Å². The molecule has 1 heterocycles. The van der Waals surface area contributed by atoms with E-state index in [-0.39, 0.29) is 5.91 Å². The fourth-order valence-electron chi connectivity index (χ4n) is 1.92. The first-order valence-corrected chi connectivity index (χ1v) is 7.63. The minimum Gasteiger partial charge on any atom is -0.353 e. The Morgan fingerprint density at radius 3 is 2.74 bits per heavy atom. The number of aromatic nitrogens is 2. The molecule has 0 saturated carbocycles. The number of hydrogen-bond acceptors (Lipinski definition) is 5. The van der Waals surface area contributed by atoms with Crippen LogP contribution in [-0.4, -0.2) is 48.0 Å². The second-order valence-electron chi connectivity index (χ2n) is 5.41. The highest BCUT2D eigenvalue weighted by Crippen LogP contribution is 2.16. The number of rotatable bonds is 6. The Hall–Kier alpha value is -2.18. The lowest BCUT2D eigenvalue weighted by Crippen LogP contribution is -2.22. The first-order valence-electron chi connectivity index (χ1n) is 7.25. The number of halogens is 1. The van der Waals surface area contributed by atoms with Crippen LogP contribution < -0.4 is 10.6 Å². The topological polar surface area (TPSA) is 70.2 Å². The van der Waals surface area contributed by atoms with Gasteiger partial charge in [-0.25, -0.2) is 9.97 Å². The molecule has 0 atom stereocenters. The van der Waals surface area contributed by atoms with Crippen LogP contribution in [-0.2, 0) is 0 Å². The maximum atomic E-state index is 12.3. The lowest BCUT2D eigenvalue weighted by Gasteiger charge is -2.11. The largest absolute Gasteiger partial charge is 0.353 e. The van der Waals surface area contributed by atoms with Crippen molar-refractivity contribution in [3.63, 3.8) is 0 Å². The number of carbonyl (C=O) groups is 1. The molecule has 2 rings (SSSR count). The average molecular weight is 334 g/mol. The minimum absolute atomic E-state index is 0.298. The minimum atomic E-state index is -0.298. The first kappa shape index (κ1) is 17.2. The van der Waals surface area contributed by atoms with E-state index in [9.17, 15) is 4.79 Å². The lowest BCUT2D eigenvalue weighted by atomic mass is 10.3. The summed E-state index contributed by atoms with van der Waals surface area (Å²) in [5.74, 6) is 0.150. The maximum Gasteiger partial charge on any atom is 0.274 e. The van der Waals surface area contributed by atoms with Crippen molar-refractivity contribution in [3.05, 3.63) is 46.7 Å². The summed E-state index contributed by atoms with van der Waals surface area (Å²) in [6.45, 7) is 3.38. The molecule has 0 bridgehead atoms. The van der Waals surface area contributed by atoms with Crippen LogP contribution in [0.1, 0.15) is 16.2 Å². The smallest absolute Gasteiger partial charge is 0.274 e. The summed E-state index contributed by atoms with van der Waals surface area (Å²) in [4.78, 5) is 22.9. The zero-order valence-corrected chi connectivity index (χ0v) is 14.2. The molecule has 0 saturated heterocycles. The molecular formula is C16H20ClN5O. The predicted octanol–water partition coefficient (Wildman–Crippen LogP) is 2.66. The summed E-state index contributed by atoms with van der Waals surface area (Å²) >= 11 is 5.92. The van der Waals surface area contributed by atoms with Crippen molar-refractivity contribution in [2.24, 2.45) is 0 Å². The van der Waals surface area contributed by atoms with Crippen LogP contribution in [0.5, 0.6) is 0 Å². The molecular weight excluding hydrogens is 314 g/mol. The highest BCUT2D eigenvalue weighted by atomic mass is 35.5. The van der Waals surface area contributed by atoms with Gasteiger partial charge < -0.3 is 15.5 Å². The van der Waals surface area contributed by atoms with Crippen LogP contribution in [0, 0.1) is 6.92 Å². The highest BCUT2D eigenvalue weighted by molar-refractivity contribution is 6.30. The third-order valence-corrected chi connectivity index (χ3v) is 3.25. The zero-order chi connectivity index (χ0) is 16.8. The van der Waals surface area contributed by atoms with Gasteiger partial charge >= 0.3 is 0 Å². The fraction of sp³-hybridized carbons (Fsp3) is 0.312. The van der Waals surface area contributed by atoms with Crippen molar-refractivity contribution in [1.29, 1.82) is 0 Å². The molecule has 0 fully saturated rings. The van der Waals surface area contributed by atoms with Crippen LogP contribution in [0.2, 0.25) is 5.02 Å². The number of aryl methyl sites for hydroxylation is 1. The van der Waals surface area contributed by atoms with Gasteiger partial charge in [-0.15, -0.1) is 0 Å². The molecule has 2 aromatic rings. The Labute approximate surface area is 140 Å². The monoisotopic (exact) mass is 333 g/mol. The van der Waals surface area contributed by atoms with Gasteiger partial charge in [-0.2, -0.15) is 0 Å². The molecule has 7 heteroatoms. The Kier molecular flexibility index (Phi) is 5.90. The van der Waals surface area contributed by atoms with E-state index in [0.29, 0.717) is 28.9 Å². The molecule has 0 radical (unpaired) electrons. The van der Waals surface area contributed by atoms with E-state index < -0.39 is 0 Å². The molecule has 0 aliphatic carbocycles. The van der Waals surface area contributed by atoms with Crippen molar-refractivity contribution in [1.82, 2.24) is 14.9 Å². The molecule has 23 heavy (non-hydrogen) atoms. The number of likely N-dealkylation sites (N-methyl/N-ethyl adjacent to an activating group) is 1. The normalized spacial score (nSPS) is 10.7. The number of nitrogens with one attached hydrogen (secondary N) is 2. The summed E-state index contributed by atoms with van der Waals surface area (Å²) in [5, 5.41) is 6.46. The molecule has 1 amide bonds. The predicted molar refractivity (Wildman–Crippen MR) is 93.2 cm³/mol. The molecule has 1 aromatic carbocycles. The van der Waals surface area contributed by atoms with Gasteiger partial charge in [0.1, 0.15) is 5.69 Å². The third kappa shape index (κ3) is 5.50. The molecule has 0 unspecified atom stereocenters. The lowest BCUT2D eigenvalue weighted by molar-refractivity contribution is 0.102. The maximum absolute atomic E-state index is 12.3. The number of amides is 1. The second-order valence-corrected chi connectivity index (χ2v) is 5.85. The molecule has 0 spiro atoms. The van der Waals surface area contributed by atoms with Crippen LogP contribution >= 0.6 is 11.6 Å². The van der Waals surface area contributed by atoms with Gasteiger partial charge in [-0.1, -0.05) is 17.7 Å². The Balaban J connectivity index is 2.09. The van der Waals surface area contributed by atoms with E-state index in [4.69, 9.17) is 11.6 Å². The van der Waals surface area contributed by atoms with Crippen molar-refractivity contribution in [2.45, 2.75) is 6.92 Å². The van der Waals surface area contributed by atoms with Gasteiger partial charge in [-0.3, -0.25) is 4.79 Å². The van der Waals surface area contributed by atoms with Crippen LogP contribution in [0.25, 0.3) is 0 Å². The molecule has 1 aromatic heterocycles. The van der Waals surface area contributed by atoms with Crippen molar-refractivity contribution in [2.75, 3.05) is 37.8 Å². The van der Waals surface area contributed by atoms with Crippen LogP contribution in [0.15, 0.2) is 30.3 Å². The van der Waals surface area contributed by atoms with E-state index in [1.807, 2.05) is 21.0 Å². The van der Waals surface area contributed by atoms with Gasteiger partial charge in [0, 0.05) is 29.5 Å². The Morgan fingerprint density at radius 1 is 1.26 bits per heavy atom. The van der Waals surface area contributed by atoms with Crippen molar-refractivity contribution in [3.8, 4) is 0 Å². The Bertz CT molecular complexity index is 690. The van der Waals surface area contributed by atoms with Gasteiger partial charge in [0.2, 0.25) is 5.95 Å². The summed E-state index contributed by atoms with van der Waals surface area (Å²) in [6, 6.07) is 8.63. The zero-order valence-electron chi connectivity index (χ0n) is 13.4. The van der Waals surface area contributed by atoms with E-state index >= 15 is 0 Å². The molecule has 2 N–H and O–H groups in total. The molecule has 6 nitrogen and oxygen atoms in total. The first-order chi connectivity index (χ1) is 10.9. The standard InChI is InChI=1S/C16H20ClN5O/c1-11-9-14(21-16(19-11)18-7-8-22(2)3)15(23)20-13-6-4-5-12(17)10-13/h4-6,9-10H,7-8H2,1-3H3,(H,20,23)(H,18,19,21). The van der Waals surface area contributed by atoms with Crippen molar-refractivity contribution >= 4 is 29.1 Å². The molecule has 0 aliphatic rings. The average Bonchev–Trinajstić information content (AvgIpc) is 2.46. The second kappa shape index (κ2) is 7.89. The van der Waals surface area contributed by atoms with Crippen molar-refractivity contribution < 1.29 is 4.79 Å². The van der Waals surface area contributed by atoms with Gasteiger partial charge in [0.05, 0.1) is 0 Å². The quantitative estimate of drug-likeness (QED) is 0.850.